The molecule has 3 amide bonds. The highest BCUT2D eigenvalue weighted by atomic mass is 16.2. The second kappa shape index (κ2) is 13.6. The van der Waals surface area contributed by atoms with Crippen LogP contribution < -0.4 is 20.9 Å². The van der Waals surface area contributed by atoms with Crippen LogP contribution >= 0.6 is 0 Å². The molecule has 2 saturated heterocycles. The van der Waals surface area contributed by atoms with Gasteiger partial charge < -0.3 is 25.0 Å². The third kappa shape index (κ3) is 6.68. The fourth-order valence-corrected chi connectivity index (χ4v) is 6.98. The van der Waals surface area contributed by atoms with Crippen molar-refractivity contribution in [3.8, 4) is 0 Å². The zero-order valence-corrected chi connectivity index (χ0v) is 27.5. The Morgan fingerprint density at radius 2 is 1.77 bits per heavy atom. The van der Waals surface area contributed by atoms with Gasteiger partial charge in [-0.3, -0.25) is 24.6 Å². The van der Waals surface area contributed by atoms with E-state index in [9.17, 15) is 14.4 Å². The molecule has 1 atom stereocenters. The van der Waals surface area contributed by atoms with Crippen LogP contribution in [-0.4, -0.2) is 93.4 Å². The largest absolute Gasteiger partial charge is 0.373 e. The summed E-state index contributed by atoms with van der Waals surface area (Å²) in [6.45, 7) is 4.27. The average Bonchev–Trinajstić information content (AvgIpc) is 3.75. The Labute approximate surface area is 279 Å². The summed E-state index contributed by atoms with van der Waals surface area (Å²) in [6, 6.07) is 13.8. The highest BCUT2D eigenvalue weighted by Gasteiger charge is 2.28. The van der Waals surface area contributed by atoms with Gasteiger partial charge in [0.15, 0.2) is 0 Å². The number of carbonyl (C=O) groups is 3. The Morgan fingerprint density at radius 3 is 2.50 bits per heavy atom. The minimum Gasteiger partial charge on any atom is -0.373 e. The molecule has 0 spiro atoms. The van der Waals surface area contributed by atoms with Crippen LogP contribution in [0, 0.1) is 0 Å². The number of imide groups is 1. The molecule has 48 heavy (non-hydrogen) atoms. The number of rotatable bonds is 9. The molecule has 3 fully saturated rings. The predicted molar refractivity (Wildman–Crippen MR) is 184 cm³/mol. The monoisotopic (exact) mass is 650 g/mol. The zero-order chi connectivity index (χ0) is 33.2. The lowest BCUT2D eigenvalue weighted by Crippen LogP contribution is -2.48. The van der Waals surface area contributed by atoms with Gasteiger partial charge in [-0.25, -0.2) is 9.97 Å². The lowest BCUT2D eigenvalue weighted by molar-refractivity contribution is -0.133. The van der Waals surface area contributed by atoms with Gasteiger partial charge >= 0.3 is 0 Å². The molecule has 3 N–H and O–H groups in total. The summed E-state index contributed by atoms with van der Waals surface area (Å²) in [7, 11) is 3.55. The first-order valence-electron chi connectivity index (χ1n) is 16.8. The second-order valence-electron chi connectivity index (χ2n) is 13.1. The lowest BCUT2D eigenvalue weighted by atomic mass is 10.0. The Hall–Kier alpha value is -5.04. The lowest BCUT2D eigenvalue weighted by Gasteiger charge is -2.36. The smallest absolute Gasteiger partial charge is 0.270 e. The van der Waals surface area contributed by atoms with Gasteiger partial charge in [-0.2, -0.15) is 4.98 Å². The molecular weight excluding hydrogens is 608 g/mol. The van der Waals surface area contributed by atoms with Crippen molar-refractivity contribution in [1.29, 1.82) is 0 Å². The van der Waals surface area contributed by atoms with Crippen LogP contribution in [0.4, 0.5) is 23.1 Å². The summed E-state index contributed by atoms with van der Waals surface area (Å²) in [5, 5.41) is 9.90. The van der Waals surface area contributed by atoms with E-state index in [2.05, 4.69) is 52.4 Å². The van der Waals surface area contributed by atoms with Crippen molar-refractivity contribution in [1.82, 2.24) is 34.6 Å². The zero-order valence-electron chi connectivity index (χ0n) is 27.5. The number of nitrogens with zero attached hydrogens (tertiary/aromatic N) is 7. The summed E-state index contributed by atoms with van der Waals surface area (Å²) in [5.74, 6) is 0.597. The van der Waals surface area contributed by atoms with Crippen molar-refractivity contribution in [3.05, 3.63) is 66.1 Å². The first kappa shape index (κ1) is 31.6. The number of para-hydroxylation sites is 1. The third-order valence-corrected chi connectivity index (χ3v) is 9.60. The third-order valence-electron chi connectivity index (χ3n) is 9.60. The number of carbonyl (C=O) groups excluding carboxylic acids is 3. The summed E-state index contributed by atoms with van der Waals surface area (Å²) >= 11 is 0. The SMILES string of the molecule is CN(C)C(=O)c1cc2cnc(Nc3ccc(N4CCN(Cc5ccccc5NC5CCC(=O)NC5=O)CC4)cn3)nc2n1C1CCCC1. The van der Waals surface area contributed by atoms with Gasteiger partial charge in [-0.1, -0.05) is 31.0 Å². The van der Waals surface area contributed by atoms with Gasteiger partial charge in [0.25, 0.3) is 5.91 Å². The minimum absolute atomic E-state index is 0.0286. The maximum Gasteiger partial charge on any atom is 0.270 e. The van der Waals surface area contributed by atoms with Crippen LogP contribution in [0.5, 0.6) is 0 Å². The summed E-state index contributed by atoms with van der Waals surface area (Å²) < 4.78 is 2.11. The number of anilines is 4. The van der Waals surface area contributed by atoms with Crippen LogP contribution in [0.2, 0.25) is 0 Å². The maximum atomic E-state index is 13.0. The second-order valence-corrected chi connectivity index (χ2v) is 13.1. The molecule has 0 radical (unpaired) electrons. The Morgan fingerprint density at radius 1 is 0.979 bits per heavy atom. The first-order valence-corrected chi connectivity index (χ1v) is 16.8. The number of hydrogen-bond donors (Lipinski definition) is 3. The summed E-state index contributed by atoms with van der Waals surface area (Å²) in [6.07, 6.45) is 8.88. The van der Waals surface area contributed by atoms with Gasteiger partial charge in [-0.15, -0.1) is 0 Å². The Kier molecular flexibility index (Phi) is 8.94. The molecule has 1 aromatic carbocycles. The topological polar surface area (TPSA) is 141 Å². The molecule has 1 saturated carbocycles. The number of aromatic nitrogens is 4. The molecule has 2 aliphatic heterocycles. The van der Waals surface area contributed by atoms with Crippen LogP contribution in [0.15, 0.2) is 54.9 Å². The number of fused-ring (bicyclic) bond motifs is 1. The van der Waals surface area contributed by atoms with Gasteiger partial charge in [-0.05, 0) is 49.1 Å². The normalized spacial score (nSPS) is 19.0. The van der Waals surface area contributed by atoms with Gasteiger partial charge in [0, 0.05) is 76.6 Å². The molecule has 13 nitrogen and oxygen atoms in total. The van der Waals surface area contributed by atoms with E-state index in [1.165, 1.54) is 0 Å². The van der Waals surface area contributed by atoms with Crippen LogP contribution in [-0.2, 0) is 16.1 Å². The minimum atomic E-state index is -0.407. The van der Waals surface area contributed by atoms with Crippen molar-refractivity contribution in [2.24, 2.45) is 0 Å². The number of piperazine rings is 1. The fraction of sp³-hybridized carbons (Fsp3) is 0.429. The van der Waals surface area contributed by atoms with Crippen molar-refractivity contribution < 1.29 is 14.4 Å². The molecule has 250 valence electrons. The van der Waals surface area contributed by atoms with Crippen LogP contribution in [0.3, 0.4) is 0 Å². The molecule has 3 aromatic heterocycles. The van der Waals surface area contributed by atoms with Crippen LogP contribution in [0.25, 0.3) is 11.0 Å². The summed E-state index contributed by atoms with van der Waals surface area (Å²) in [4.78, 5) is 57.3. The Bertz CT molecular complexity index is 1810. The van der Waals surface area contributed by atoms with Crippen molar-refractivity contribution in [2.45, 2.75) is 57.2 Å². The molecule has 3 aliphatic rings. The van der Waals surface area contributed by atoms with Gasteiger partial charge in [0.2, 0.25) is 17.8 Å². The van der Waals surface area contributed by atoms with Gasteiger partial charge in [0.05, 0.1) is 11.9 Å². The van der Waals surface area contributed by atoms with Gasteiger partial charge in [0.1, 0.15) is 23.2 Å². The average molecular weight is 651 g/mol. The molecule has 7 rings (SSSR count). The highest BCUT2D eigenvalue weighted by molar-refractivity contribution is 6.01. The van der Waals surface area contributed by atoms with Crippen molar-refractivity contribution in [3.63, 3.8) is 0 Å². The maximum absolute atomic E-state index is 13.0. The van der Waals surface area contributed by atoms with E-state index >= 15 is 0 Å². The van der Waals surface area contributed by atoms with E-state index in [0.717, 1.165) is 86.4 Å². The van der Waals surface area contributed by atoms with E-state index in [-0.39, 0.29) is 23.8 Å². The molecule has 4 aromatic rings. The fourth-order valence-electron chi connectivity index (χ4n) is 6.98. The number of benzene rings is 1. The quantitative estimate of drug-likeness (QED) is 0.228. The van der Waals surface area contributed by atoms with E-state index in [0.29, 0.717) is 30.3 Å². The molecule has 1 aliphatic carbocycles. The highest BCUT2D eigenvalue weighted by Crippen LogP contribution is 2.35. The number of piperidine rings is 1. The summed E-state index contributed by atoms with van der Waals surface area (Å²) in [5.41, 5.74) is 4.54. The number of amides is 3. The van der Waals surface area contributed by atoms with E-state index in [1.807, 2.05) is 36.5 Å². The number of pyridine rings is 1. The first-order chi connectivity index (χ1) is 23.3. The molecule has 1 unspecified atom stereocenters. The predicted octanol–water partition coefficient (Wildman–Crippen LogP) is 3.93. The Balaban J connectivity index is 0.975. The molecular formula is C35H42N10O3. The number of hydrogen-bond acceptors (Lipinski definition) is 10. The molecule has 5 heterocycles. The van der Waals surface area contributed by atoms with Crippen molar-refractivity contribution in [2.75, 3.05) is 55.8 Å². The van der Waals surface area contributed by atoms with E-state index in [4.69, 9.17) is 4.98 Å². The standard InChI is InChI=1S/C35H42N10O3/c1-42(2)34(48)29-19-24-20-37-35(41-32(24)45(29)25-8-4-5-9-25)39-30-13-11-26(21-36-30)44-17-15-43(16-18-44)22-23-7-3-6-10-27(23)38-28-12-14-31(46)40-33(28)47/h3,6-7,10-11,13,19-21,25,28,38H,4-5,8-9,12,14-18,22H2,1-2H3,(H,40,46,47)(H,36,37,39,41). The molecule has 13 heteroatoms. The van der Waals surface area contributed by atoms with Crippen LogP contribution in [0.1, 0.15) is 60.6 Å². The molecule has 0 bridgehead atoms. The van der Waals surface area contributed by atoms with E-state index < -0.39 is 6.04 Å². The van der Waals surface area contributed by atoms with Crippen molar-refractivity contribution >= 4 is 51.9 Å². The van der Waals surface area contributed by atoms with E-state index in [1.54, 1.807) is 25.2 Å². The number of nitrogens with one attached hydrogen (secondary N) is 3.